The Labute approximate surface area is 130 Å². The molecule has 1 aliphatic rings. The van der Waals surface area contributed by atoms with Gasteiger partial charge < -0.3 is 16.0 Å². The van der Waals surface area contributed by atoms with Gasteiger partial charge in [-0.15, -0.1) is 0 Å². The highest BCUT2D eigenvalue weighted by molar-refractivity contribution is 5.44. The molecule has 0 amide bonds. The molecule has 0 bridgehead atoms. The zero-order valence-electron chi connectivity index (χ0n) is 13.1. The van der Waals surface area contributed by atoms with Crippen LogP contribution in [0.3, 0.4) is 0 Å². The molecule has 0 aliphatic carbocycles. The molecule has 1 saturated heterocycles. The Morgan fingerprint density at radius 1 is 1.32 bits per heavy atom. The van der Waals surface area contributed by atoms with Crippen LogP contribution in [0, 0.1) is 19.8 Å². The molecular weight excluding hydrogens is 276 g/mol. The van der Waals surface area contributed by atoms with E-state index in [1.54, 1.807) is 0 Å². The van der Waals surface area contributed by atoms with E-state index in [0.29, 0.717) is 11.9 Å². The molecule has 3 heterocycles. The van der Waals surface area contributed by atoms with Crippen LogP contribution in [0.25, 0.3) is 0 Å². The molecule has 3 rings (SSSR count). The Morgan fingerprint density at radius 2 is 2.18 bits per heavy atom. The summed E-state index contributed by atoms with van der Waals surface area (Å²) in [5.41, 5.74) is 7.87. The number of nitrogen functional groups attached to an aromatic ring is 1. The largest absolute Gasteiger partial charge is 0.370 e. The van der Waals surface area contributed by atoms with Gasteiger partial charge in [0.1, 0.15) is 11.6 Å². The van der Waals surface area contributed by atoms with Crippen LogP contribution in [-0.2, 0) is 0 Å². The third kappa shape index (κ3) is 3.44. The number of nitrogens with two attached hydrogens (primary N) is 1. The zero-order chi connectivity index (χ0) is 15.5. The minimum atomic E-state index is 0.348. The molecule has 6 heteroatoms. The first-order chi connectivity index (χ1) is 10.6. The highest BCUT2D eigenvalue weighted by atomic mass is 15.2. The number of pyridine rings is 1. The van der Waals surface area contributed by atoms with Gasteiger partial charge in [0, 0.05) is 37.6 Å². The van der Waals surface area contributed by atoms with Crippen molar-refractivity contribution in [2.75, 3.05) is 35.6 Å². The first kappa shape index (κ1) is 14.6. The standard InChI is InChI=1S/C16H22N6/c1-11-3-5-18-14(7-11)19-9-13-4-6-22(10-13)15-8-12(2)20-16(17)21-15/h3,5,7-8,13H,4,6,9-10H2,1-2H3,(H,18,19)(H2,17,20,21). The summed E-state index contributed by atoms with van der Waals surface area (Å²) in [5, 5.41) is 3.43. The monoisotopic (exact) mass is 298 g/mol. The molecular formula is C16H22N6. The van der Waals surface area contributed by atoms with Crippen molar-refractivity contribution in [3.63, 3.8) is 0 Å². The van der Waals surface area contributed by atoms with Crippen LogP contribution in [0.4, 0.5) is 17.6 Å². The number of hydrogen-bond donors (Lipinski definition) is 2. The number of aromatic nitrogens is 3. The van der Waals surface area contributed by atoms with E-state index in [1.807, 2.05) is 25.3 Å². The maximum atomic E-state index is 5.74. The van der Waals surface area contributed by atoms with Gasteiger partial charge in [0.05, 0.1) is 0 Å². The summed E-state index contributed by atoms with van der Waals surface area (Å²) in [6, 6.07) is 6.07. The van der Waals surface area contributed by atoms with Crippen LogP contribution >= 0.6 is 0 Å². The van der Waals surface area contributed by atoms with Gasteiger partial charge >= 0.3 is 0 Å². The summed E-state index contributed by atoms with van der Waals surface area (Å²) in [6.07, 6.45) is 2.98. The van der Waals surface area contributed by atoms with Gasteiger partial charge in [-0.25, -0.2) is 9.97 Å². The van der Waals surface area contributed by atoms with Gasteiger partial charge in [0.25, 0.3) is 0 Å². The van der Waals surface area contributed by atoms with Crippen LogP contribution in [0.2, 0.25) is 0 Å². The van der Waals surface area contributed by atoms with Gasteiger partial charge in [-0.05, 0) is 43.9 Å². The fourth-order valence-electron chi connectivity index (χ4n) is 2.83. The molecule has 0 saturated carbocycles. The molecule has 2 aromatic rings. The number of rotatable bonds is 4. The van der Waals surface area contributed by atoms with Gasteiger partial charge in [0.2, 0.25) is 5.95 Å². The van der Waals surface area contributed by atoms with E-state index in [4.69, 9.17) is 5.73 Å². The Balaban J connectivity index is 1.58. The molecule has 1 fully saturated rings. The van der Waals surface area contributed by atoms with Crippen molar-refractivity contribution < 1.29 is 0 Å². The van der Waals surface area contributed by atoms with E-state index in [0.717, 1.165) is 43.4 Å². The van der Waals surface area contributed by atoms with Crippen molar-refractivity contribution in [1.29, 1.82) is 0 Å². The number of anilines is 3. The van der Waals surface area contributed by atoms with Crippen LogP contribution in [0.15, 0.2) is 24.4 Å². The predicted molar refractivity (Wildman–Crippen MR) is 89.0 cm³/mol. The van der Waals surface area contributed by atoms with Crippen molar-refractivity contribution in [3.05, 3.63) is 35.7 Å². The lowest BCUT2D eigenvalue weighted by Crippen LogP contribution is -2.24. The summed E-state index contributed by atoms with van der Waals surface area (Å²) in [7, 11) is 0. The molecule has 3 N–H and O–H groups in total. The number of hydrogen-bond acceptors (Lipinski definition) is 6. The van der Waals surface area contributed by atoms with E-state index >= 15 is 0 Å². The second kappa shape index (κ2) is 6.17. The second-order valence-electron chi connectivity index (χ2n) is 5.93. The summed E-state index contributed by atoms with van der Waals surface area (Å²) < 4.78 is 0. The average molecular weight is 298 g/mol. The van der Waals surface area contributed by atoms with E-state index in [-0.39, 0.29) is 0 Å². The summed E-state index contributed by atoms with van der Waals surface area (Å²) in [5.74, 6) is 2.81. The lowest BCUT2D eigenvalue weighted by molar-refractivity contribution is 0.621. The summed E-state index contributed by atoms with van der Waals surface area (Å²) >= 11 is 0. The molecule has 1 atom stereocenters. The Hall–Kier alpha value is -2.37. The lowest BCUT2D eigenvalue weighted by Gasteiger charge is -2.18. The second-order valence-corrected chi connectivity index (χ2v) is 5.93. The van der Waals surface area contributed by atoms with Crippen molar-refractivity contribution in [1.82, 2.24) is 15.0 Å². The maximum absolute atomic E-state index is 5.74. The fourth-order valence-corrected chi connectivity index (χ4v) is 2.83. The van der Waals surface area contributed by atoms with Gasteiger partial charge in [-0.2, -0.15) is 4.98 Å². The van der Waals surface area contributed by atoms with Crippen molar-refractivity contribution in [3.8, 4) is 0 Å². The molecule has 0 aromatic carbocycles. The third-order valence-electron chi connectivity index (χ3n) is 3.96. The lowest BCUT2D eigenvalue weighted by atomic mass is 10.1. The molecule has 6 nitrogen and oxygen atoms in total. The van der Waals surface area contributed by atoms with Crippen LogP contribution in [-0.4, -0.2) is 34.6 Å². The maximum Gasteiger partial charge on any atom is 0.222 e. The highest BCUT2D eigenvalue weighted by Gasteiger charge is 2.23. The van der Waals surface area contributed by atoms with Crippen molar-refractivity contribution in [2.45, 2.75) is 20.3 Å². The molecule has 1 unspecified atom stereocenters. The van der Waals surface area contributed by atoms with Gasteiger partial charge in [0.15, 0.2) is 0 Å². The topological polar surface area (TPSA) is 80.0 Å². The molecule has 0 radical (unpaired) electrons. The Kier molecular flexibility index (Phi) is 4.09. The molecule has 2 aromatic heterocycles. The third-order valence-corrected chi connectivity index (χ3v) is 3.96. The Morgan fingerprint density at radius 3 is 2.95 bits per heavy atom. The minimum Gasteiger partial charge on any atom is -0.370 e. The normalized spacial score (nSPS) is 17.7. The highest BCUT2D eigenvalue weighted by Crippen LogP contribution is 2.23. The van der Waals surface area contributed by atoms with Gasteiger partial charge in [-0.3, -0.25) is 0 Å². The van der Waals surface area contributed by atoms with Gasteiger partial charge in [-0.1, -0.05) is 0 Å². The minimum absolute atomic E-state index is 0.348. The number of nitrogens with one attached hydrogen (secondary N) is 1. The SMILES string of the molecule is Cc1ccnc(NCC2CCN(c3cc(C)nc(N)n3)C2)c1. The first-order valence-electron chi connectivity index (χ1n) is 7.63. The molecule has 0 spiro atoms. The average Bonchev–Trinajstić information content (AvgIpc) is 2.93. The van der Waals surface area contributed by atoms with Crippen LogP contribution < -0.4 is 16.0 Å². The quantitative estimate of drug-likeness (QED) is 0.899. The zero-order valence-corrected chi connectivity index (χ0v) is 13.1. The Bertz CT molecular complexity index is 637. The smallest absolute Gasteiger partial charge is 0.222 e. The predicted octanol–water partition coefficient (Wildman–Crippen LogP) is 2.01. The summed E-state index contributed by atoms with van der Waals surface area (Å²) in [6.45, 7) is 6.93. The van der Waals surface area contributed by atoms with Crippen LogP contribution in [0.5, 0.6) is 0 Å². The van der Waals surface area contributed by atoms with E-state index < -0.39 is 0 Å². The van der Waals surface area contributed by atoms with E-state index in [1.165, 1.54) is 5.56 Å². The fraction of sp³-hybridized carbons (Fsp3) is 0.438. The first-order valence-corrected chi connectivity index (χ1v) is 7.63. The van der Waals surface area contributed by atoms with Crippen molar-refractivity contribution >= 4 is 17.6 Å². The van der Waals surface area contributed by atoms with Crippen molar-refractivity contribution in [2.24, 2.45) is 5.92 Å². The molecule has 116 valence electrons. The van der Waals surface area contributed by atoms with Crippen LogP contribution in [0.1, 0.15) is 17.7 Å². The van der Waals surface area contributed by atoms with E-state index in [2.05, 4.69) is 38.2 Å². The molecule has 22 heavy (non-hydrogen) atoms. The summed E-state index contributed by atoms with van der Waals surface area (Å²) in [4.78, 5) is 15.1. The number of nitrogens with zero attached hydrogens (tertiary/aromatic N) is 4. The number of aryl methyl sites for hydroxylation is 2. The molecule has 1 aliphatic heterocycles. The van der Waals surface area contributed by atoms with E-state index in [9.17, 15) is 0 Å².